The molecule has 0 radical (unpaired) electrons. The van der Waals surface area contributed by atoms with Crippen LogP contribution in [-0.2, 0) is 16.1 Å². The Morgan fingerprint density at radius 1 is 1.53 bits per heavy atom. The summed E-state index contributed by atoms with van der Waals surface area (Å²) in [6, 6.07) is 8.03. The summed E-state index contributed by atoms with van der Waals surface area (Å²) in [5, 5.41) is 1.01. The van der Waals surface area contributed by atoms with Crippen LogP contribution in [0.4, 0.5) is 0 Å². The summed E-state index contributed by atoms with van der Waals surface area (Å²) >= 11 is 1.64. The van der Waals surface area contributed by atoms with Gasteiger partial charge in [-0.05, 0) is 12.1 Å². The number of hydrogen-bond acceptors (Lipinski definition) is 4. The number of benzene rings is 1. The van der Waals surface area contributed by atoms with E-state index >= 15 is 0 Å². The number of thioether (sulfide) groups is 1. The first kappa shape index (κ1) is 10.7. The van der Waals surface area contributed by atoms with Crippen molar-refractivity contribution in [2.24, 2.45) is 0 Å². The van der Waals surface area contributed by atoms with Crippen molar-refractivity contribution >= 4 is 28.8 Å². The number of carbonyl (C=O) groups is 1. The first-order valence-corrected chi connectivity index (χ1v) is 6.48. The van der Waals surface area contributed by atoms with Crippen LogP contribution in [-0.4, -0.2) is 27.4 Å². The summed E-state index contributed by atoms with van der Waals surface area (Å²) in [7, 11) is 0. The third-order valence-corrected chi connectivity index (χ3v) is 3.85. The van der Waals surface area contributed by atoms with E-state index < -0.39 is 0 Å². The SMILES string of the molecule is CC(=O)O[C@H]1CSc2nc3ccccc3n2C1. The number of hydrogen-bond donors (Lipinski definition) is 0. The lowest BCUT2D eigenvalue weighted by molar-refractivity contribution is -0.145. The van der Waals surface area contributed by atoms with Gasteiger partial charge in [-0.3, -0.25) is 4.79 Å². The van der Waals surface area contributed by atoms with E-state index in [1.165, 1.54) is 6.92 Å². The number of ether oxygens (including phenoxy) is 1. The van der Waals surface area contributed by atoms with Gasteiger partial charge in [0.15, 0.2) is 5.16 Å². The molecular weight excluding hydrogens is 236 g/mol. The Morgan fingerprint density at radius 3 is 3.18 bits per heavy atom. The number of imidazole rings is 1. The summed E-state index contributed by atoms with van der Waals surface area (Å²) < 4.78 is 7.38. The van der Waals surface area contributed by atoms with Crippen LogP contribution >= 0.6 is 11.8 Å². The van der Waals surface area contributed by atoms with Gasteiger partial charge in [0.1, 0.15) is 6.10 Å². The molecule has 3 rings (SSSR count). The van der Waals surface area contributed by atoms with Crippen molar-refractivity contribution < 1.29 is 9.53 Å². The van der Waals surface area contributed by atoms with E-state index in [0.29, 0.717) is 6.54 Å². The zero-order valence-electron chi connectivity index (χ0n) is 9.42. The Bertz CT molecular complexity index is 579. The molecule has 2 aromatic rings. The Hall–Kier alpha value is -1.49. The van der Waals surface area contributed by atoms with Crippen molar-refractivity contribution in [1.29, 1.82) is 0 Å². The van der Waals surface area contributed by atoms with E-state index in [1.54, 1.807) is 11.8 Å². The summed E-state index contributed by atoms with van der Waals surface area (Å²) in [5.74, 6) is 0.562. The second kappa shape index (κ2) is 4.07. The first-order chi connectivity index (χ1) is 8.24. The minimum absolute atomic E-state index is 0.0531. The Balaban J connectivity index is 1.97. The molecule has 0 unspecified atom stereocenters. The number of rotatable bonds is 1. The zero-order valence-corrected chi connectivity index (χ0v) is 10.2. The third-order valence-electron chi connectivity index (χ3n) is 2.74. The first-order valence-electron chi connectivity index (χ1n) is 5.49. The minimum Gasteiger partial charge on any atom is -0.460 e. The quantitative estimate of drug-likeness (QED) is 0.725. The van der Waals surface area contributed by atoms with E-state index in [2.05, 4.69) is 9.55 Å². The lowest BCUT2D eigenvalue weighted by atomic mass is 10.3. The summed E-state index contributed by atoms with van der Waals surface area (Å²) in [6.45, 7) is 2.15. The second-order valence-corrected chi connectivity index (χ2v) is 5.02. The lowest BCUT2D eigenvalue weighted by Crippen LogP contribution is -2.28. The van der Waals surface area contributed by atoms with Crippen molar-refractivity contribution in [1.82, 2.24) is 9.55 Å². The molecule has 5 heteroatoms. The van der Waals surface area contributed by atoms with Crippen LogP contribution in [0.3, 0.4) is 0 Å². The van der Waals surface area contributed by atoms with Crippen molar-refractivity contribution in [3.05, 3.63) is 24.3 Å². The van der Waals surface area contributed by atoms with Gasteiger partial charge in [-0.1, -0.05) is 23.9 Å². The van der Waals surface area contributed by atoms with E-state index in [0.717, 1.165) is 21.9 Å². The van der Waals surface area contributed by atoms with Crippen molar-refractivity contribution in [2.75, 3.05) is 5.75 Å². The van der Waals surface area contributed by atoms with Gasteiger partial charge in [0.05, 0.1) is 17.6 Å². The summed E-state index contributed by atoms with van der Waals surface area (Å²) in [5.41, 5.74) is 2.10. The zero-order chi connectivity index (χ0) is 11.8. The molecule has 0 saturated heterocycles. The molecule has 88 valence electrons. The molecule has 0 N–H and O–H groups in total. The Labute approximate surface area is 103 Å². The average molecular weight is 248 g/mol. The van der Waals surface area contributed by atoms with Crippen LogP contribution in [0.5, 0.6) is 0 Å². The number of nitrogens with zero attached hydrogens (tertiary/aromatic N) is 2. The molecular formula is C12H12N2O2S. The average Bonchev–Trinajstić information content (AvgIpc) is 2.66. The molecule has 0 saturated carbocycles. The van der Waals surface area contributed by atoms with Crippen LogP contribution in [0, 0.1) is 0 Å². The topological polar surface area (TPSA) is 44.1 Å². The molecule has 1 aliphatic rings. The predicted octanol–water partition coefficient (Wildman–Crippen LogP) is 2.07. The van der Waals surface area contributed by atoms with Gasteiger partial charge in [-0.25, -0.2) is 4.98 Å². The maximum Gasteiger partial charge on any atom is 0.302 e. The number of para-hydroxylation sites is 2. The molecule has 0 bridgehead atoms. The molecule has 0 aliphatic carbocycles. The predicted molar refractivity (Wildman–Crippen MR) is 66.0 cm³/mol. The van der Waals surface area contributed by atoms with Crippen molar-refractivity contribution in [3.8, 4) is 0 Å². The van der Waals surface area contributed by atoms with E-state index in [-0.39, 0.29) is 12.1 Å². The van der Waals surface area contributed by atoms with Gasteiger partial charge in [0, 0.05) is 12.7 Å². The molecule has 2 heterocycles. The number of fused-ring (bicyclic) bond motifs is 3. The Morgan fingerprint density at radius 2 is 2.35 bits per heavy atom. The molecule has 1 aliphatic heterocycles. The molecule has 1 aromatic carbocycles. The largest absolute Gasteiger partial charge is 0.460 e. The standard InChI is InChI=1S/C12H12N2O2S/c1-8(15)16-9-6-14-11-5-3-2-4-10(11)13-12(14)17-7-9/h2-5,9H,6-7H2,1H3/t9-/m1/s1. The molecule has 0 fully saturated rings. The molecule has 1 aromatic heterocycles. The Kier molecular flexibility index (Phi) is 2.55. The van der Waals surface area contributed by atoms with Crippen molar-refractivity contribution in [2.45, 2.75) is 24.7 Å². The molecule has 0 spiro atoms. The molecule has 1 atom stereocenters. The summed E-state index contributed by atoms with van der Waals surface area (Å²) in [6.07, 6.45) is -0.0531. The van der Waals surface area contributed by atoms with Gasteiger partial charge in [0.25, 0.3) is 0 Å². The van der Waals surface area contributed by atoms with Crippen LogP contribution in [0.1, 0.15) is 6.92 Å². The van der Waals surface area contributed by atoms with Crippen molar-refractivity contribution in [3.63, 3.8) is 0 Å². The van der Waals surface area contributed by atoms with Crippen LogP contribution in [0.25, 0.3) is 11.0 Å². The third kappa shape index (κ3) is 1.91. The fourth-order valence-corrected chi connectivity index (χ4v) is 3.07. The number of aromatic nitrogens is 2. The highest BCUT2D eigenvalue weighted by atomic mass is 32.2. The molecule has 4 nitrogen and oxygen atoms in total. The van der Waals surface area contributed by atoms with Gasteiger partial charge >= 0.3 is 5.97 Å². The van der Waals surface area contributed by atoms with E-state index in [1.807, 2.05) is 24.3 Å². The number of carbonyl (C=O) groups excluding carboxylic acids is 1. The molecule has 0 amide bonds. The maximum absolute atomic E-state index is 11.0. The van der Waals surface area contributed by atoms with Crippen LogP contribution in [0.2, 0.25) is 0 Å². The van der Waals surface area contributed by atoms with Crippen LogP contribution < -0.4 is 0 Å². The van der Waals surface area contributed by atoms with Gasteiger partial charge < -0.3 is 9.30 Å². The second-order valence-electron chi connectivity index (χ2n) is 4.04. The highest BCUT2D eigenvalue weighted by molar-refractivity contribution is 7.99. The van der Waals surface area contributed by atoms with Gasteiger partial charge in [-0.2, -0.15) is 0 Å². The smallest absolute Gasteiger partial charge is 0.302 e. The summed E-state index contributed by atoms with van der Waals surface area (Å²) in [4.78, 5) is 15.5. The molecule has 17 heavy (non-hydrogen) atoms. The van der Waals surface area contributed by atoms with E-state index in [4.69, 9.17) is 4.74 Å². The fraction of sp³-hybridized carbons (Fsp3) is 0.333. The van der Waals surface area contributed by atoms with Gasteiger partial charge in [0.2, 0.25) is 0 Å². The van der Waals surface area contributed by atoms with Crippen LogP contribution in [0.15, 0.2) is 29.4 Å². The minimum atomic E-state index is -0.219. The fourth-order valence-electron chi connectivity index (χ4n) is 2.07. The normalized spacial score (nSPS) is 19.0. The highest BCUT2D eigenvalue weighted by Crippen LogP contribution is 2.29. The maximum atomic E-state index is 11.0. The van der Waals surface area contributed by atoms with Gasteiger partial charge in [-0.15, -0.1) is 0 Å². The lowest BCUT2D eigenvalue weighted by Gasteiger charge is -2.23. The van der Waals surface area contributed by atoms with E-state index in [9.17, 15) is 4.79 Å². The monoisotopic (exact) mass is 248 g/mol. The number of esters is 1. The highest BCUT2D eigenvalue weighted by Gasteiger charge is 2.23.